The SMILES string of the molecule is CN(CC(=O)Nc1ccccc1C(F)(F)F)C(=O)CSc1ncnc2c1cnn2C. The lowest BCUT2D eigenvalue weighted by atomic mass is 10.1. The van der Waals surface area contributed by atoms with E-state index >= 15 is 0 Å². The van der Waals surface area contributed by atoms with E-state index in [0.717, 1.165) is 28.8 Å². The maximum atomic E-state index is 13.0. The van der Waals surface area contributed by atoms with E-state index in [1.54, 1.807) is 17.9 Å². The zero-order valence-electron chi connectivity index (χ0n) is 16.0. The van der Waals surface area contributed by atoms with Crippen molar-refractivity contribution in [2.75, 3.05) is 24.7 Å². The first-order valence-corrected chi connectivity index (χ1v) is 9.61. The van der Waals surface area contributed by atoms with Gasteiger partial charge in [0.05, 0.1) is 35.1 Å². The molecule has 0 bridgehead atoms. The molecule has 0 radical (unpaired) electrons. The van der Waals surface area contributed by atoms with Gasteiger partial charge in [-0.15, -0.1) is 0 Å². The number of carbonyl (C=O) groups excluding carboxylic acids is 2. The van der Waals surface area contributed by atoms with Crippen LogP contribution in [0.2, 0.25) is 0 Å². The maximum absolute atomic E-state index is 13.0. The molecule has 12 heteroatoms. The number of nitrogens with zero attached hydrogens (tertiary/aromatic N) is 5. The summed E-state index contributed by atoms with van der Waals surface area (Å²) < 4.78 is 40.7. The van der Waals surface area contributed by atoms with Crippen LogP contribution in [0, 0.1) is 0 Å². The molecular formula is C18H17F3N6O2S. The number of nitrogens with one attached hydrogen (secondary N) is 1. The Labute approximate surface area is 173 Å². The van der Waals surface area contributed by atoms with E-state index < -0.39 is 24.2 Å². The van der Waals surface area contributed by atoms with Gasteiger partial charge in [-0.1, -0.05) is 23.9 Å². The third-order valence-electron chi connectivity index (χ3n) is 4.14. The van der Waals surface area contributed by atoms with Crippen molar-refractivity contribution in [1.82, 2.24) is 24.6 Å². The van der Waals surface area contributed by atoms with Gasteiger partial charge in [0.2, 0.25) is 11.8 Å². The first-order valence-electron chi connectivity index (χ1n) is 8.62. The molecule has 0 aliphatic carbocycles. The molecule has 2 aromatic heterocycles. The van der Waals surface area contributed by atoms with Crippen LogP contribution in [0.1, 0.15) is 5.56 Å². The number of aromatic nitrogens is 4. The van der Waals surface area contributed by atoms with Gasteiger partial charge in [0, 0.05) is 14.1 Å². The number of rotatable bonds is 6. The molecule has 30 heavy (non-hydrogen) atoms. The quantitative estimate of drug-likeness (QED) is 0.470. The largest absolute Gasteiger partial charge is 0.418 e. The average molecular weight is 438 g/mol. The van der Waals surface area contributed by atoms with Crippen LogP contribution in [0.15, 0.2) is 41.8 Å². The van der Waals surface area contributed by atoms with Crippen molar-refractivity contribution in [2.24, 2.45) is 7.05 Å². The van der Waals surface area contributed by atoms with Crippen LogP contribution in [0.25, 0.3) is 11.0 Å². The highest BCUT2D eigenvalue weighted by Gasteiger charge is 2.33. The molecule has 2 heterocycles. The minimum Gasteiger partial charge on any atom is -0.336 e. The fourth-order valence-corrected chi connectivity index (χ4v) is 3.53. The number of alkyl halides is 3. The van der Waals surface area contributed by atoms with Crippen LogP contribution in [-0.4, -0.2) is 55.8 Å². The smallest absolute Gasteiger partial charge is 0.336 e. The Balaban J connectivity index is 1.59. The van der Waals surface area contributed by atoms with Crippen molar-refractivity contribution in [3.8, 4) is 0 Å². The van der Waals surface area contributed by atoms with Gasteiger partial charge in [-0.05, 0) is 12.1 Å². The predicted molar refractivity (Wildman–Crippen MR) is 105 cm³/mol. The van der Waals surface area contributed by atoms with Gasteiger partial charge in [0.15, 0.2) is 5.65 Å². The minimum absolute atomic E-state index is 0.00999. The first-order chi connectivity index (χ1) is 14.2. The van der Waals surface area contributed by atoms with E-state index in [9.17, 15) is 22.8 Å². The van der Waals surface area contributed by atoms with Crippen LogP contribution < -0.4 is 5.32 Å². The van der Waals surface area contributed by atoms with Crippen molar-refractivity contribution in [1.29, 1.82) is 0 Å². The summed E-state index contributed by atoms with van der Waals surface area (Å²) in [6.07, 6.45) is -1.64. The summed E-state index contributed by atoms with van der Waals surface area (Å²) >= 11 is 1.16. The number of fused-ring (bicyclic) bond motifs is 1. The van der Waals surface area contributed by atoms with E-state index in [2.05, 4.69) is 20.4 Å². The van der Waals surface area contributed by atoms with Crippen LogP contribution in [0.5, 0.6) is 0 Å². The molecule has 0 unspecified atom stereocenters. The van der Waals surface area contributed by atoms with Crippen molar-refractivity contribution in [3.63, 3.8) is 0 Å². The second-order valence-electron chi connectivity index (χ2n) is 6.31. The second-order valence-corrected chi connectivity index (χ2v) is 7.28. The Morgan fingerprint density at radius 2 is 1.97 bits per heavy atom. The normalized spacial score (nSPS) is 11.5. The molecule has 8 nitrogen and oxygen atoms in total. The molecular weight excluding hydrogens is 421 g/mol. The van der Waals surface area contributed by atoms with Gasteiger partial charge >= 0.3 is 6.18 Å². The number of benzene rings is 1. The molecule has 0 saturated carbocycles. The first kappa shape index (κ1) is 21.6. The zero-order chi connectivity index (χ0) is 21.9. The molecule has 3 rings (SSSR count). The van der Waals surface area contributed by atoms with Crippen molar-refractivity contribution in [3.05, 3.63) is 42.4 Å². The van der Waals surface area contributed by atoms with Crippen LogP contribution in [0.3, 0.4) is 0 Å². The monoisotopic (exact) mass is 438 g/mol. The number of amides is 2. The van der Waals surface area contributed by atoms with Gasteiger partial charge in [0.1, 0.15) is 11.4 Å². The van der Waals surface area contributed by atoms with E-state index in [1.807, 2.05) is 0 Å². The van der Waals surface area contributed by atoms with E-state index in [-0.39, 0.29) is 17.3 Å². The summed E-state index contributed by atoms with van der Waals surface area (Å²) in [6.45, 7) is -0.391. The topological polar surface area (TPSA) is 93.0 Å². The van der Waals surface area contributed by atoms with E-state index in [0.29, 0.717) is 16.1 Å². The molecule has 158 valence electrons. The van der Waals surface area contributed by atoms with Gasteiger partial charge < -0.3 is 10.2 Å². The highest BCUT2D eigenvalue weighted by atomic mass is 32.2. The molecule has 3 aromatic rings. The Hall–Kier alpha value is -3.15. The zero-order valence-corrected chi connectivity index (χ0v) is 16.8. The summed E-state index contributed by atoms with van der Waals surface area (Å²) in [6, 6.07) is 4.66. The predicted octanol–water partition coefficient (Wildman–Crippen LogP) is 2.57. The molecule has 1 aromatic carbocycles. The average Bonchev–Trinajstić information content (AvgIpc) is 3.07. The Bertz CT molecular complexity index is 1090. The number of hydrogen-bond acceptors (Lipinski definition) is 6. The van der Waals surface area contributed by atoms with Gasteiger partial charge in [-0.25, -0.2) is 9.97 Å². The second kappa shape index (κ2) is 8.69. The molecule has 0 saturated heterocycles. The third-order valence-corrected chi connectivity index (χ3v) is 5.13. The van der Waals surface area contributed by atoms with Gasteiger partial charge in [-0.2, -0.15) is 18.3 Å². The molecule has 0 aliphatic rings. The highest BCUT2D eigenvalue weighted by Crippen LogP contribution is 2.34. The minimum atomic E-state index is -4.60. The third kappa shape index (κ3) is 4.87. The number of hydrogen-bond donors (Lipinski definition) is 1. The molecule has 1 N–H and O–H groups in total. The lowest BCUT2D eigenvalue weighted by Crippen LogP contribution is -2.36. The summed E-state index contributed by atoms with van der Waals surface area (Å²) in [5.74, 6) is -1.12. The van der Waals surface area contributed by atoms with E-state index in [1.165, 1.54) is 25.5 Å². The fraction of sp³-hybridized carbons (Fsp3) is 0.278. The Morgan fingerprint density at radius 3 is 2.70 bits per heavy atom. The molecule has 0 atom stereocenters. The number of halogens is 3. The standard InChI is InChI=1S/C18H17F3N6O2S/c1-26(8-14(28)25-13-6-4-3-5-12(13)18(19,20)21)15(29)9-30-17-11-7-24-27(2)16(11)22-10-23-17/h3-7,10H,8-9H2,1-2H3,(H,25,28). The van der Waals surface area contributed by atoms with Crippen molar-refractivity contribution in [2.45, 2.75) is 11.2 Å². The van der Waals surface area contributed by atoms with Crippen molar-refractivity contribution >= 4 is 40.3 Å². The Morgan fingerprint density at radius 1 is 1.23 bits per heavy atom. The van der Waals surface area contributed by atoms with Crippen LogP contribution in [-0.2, 0) is 22.8 Å². The fourth-order valence-electron chi connectivity index (χ4n) is 2.63. The number of anilines is 1. The van der Waals surface area contributed by atoms with E-state index in [4.69, 9.17) is 0 Å². The Kier molecular flexibility index (Phi) is 6.25. The van der Waals surface area contributed by atoms with Crippen LogP contribution in [0.4, 0.5) is 18.9 Å². The molecule has 0 spiro atoms. The number of aryl methyl sites for hydroxylation is 1. The number of likely N-dealkylation sites (N-methyl/N-ethyl adjacent to an activating group) is 1. The van der Waals surface area contributed by atoms with Gasteiger partial charge in [0.25, 0.3) is 0 Å². The van der Waals surface area contributed by atoms with Crippen molar-refractivity contribution < 1.29 is 22.8 Å². The number of para-hydroxylation sites is 1. The number of carbonyl (C=O) groups is 2. The maximum Gasteiger partial charge on any atom is 0.418 e. The summed E-state index contributed by atoms with van der Waals surface area (Å²) in [5.41, 5.74) is -0.687. The summed E-state index contributed by atoms with van der Waals surface area (Å²) in [5, 5.41) is 7.57. The number of thioether (sulfide) groups is 1. The highest BCUT2D eigenvalue weighted by molar-refractivity contribution is 8.00. The van der Waals surface area contributed by atoms with Gasteiger partial charge in [-0.3, -0.25) is 14.3 Å². The molecule has 0 aliphatic heterocycles. The van der Waals surface area contributed by atoms with Crippen LogP contribution >= 0.6 is 11.8 Å². The lowest BCUT2D eigenvalue weighted by molar-refractivity contribution is -0.137. The summed E-state index contributed by atoms with van der Waals surface area (Å²) in [4.78, 5) is 33.9. The summed E-state index contributed by atoms with van der Waals surface area (Å²) in [7, 11) is 3.13. The lowest BCUT2D eigenvalue weighted by Gasteiger charge is -2.18. The molecule has 0 fully saturated rings. The molecule has 2 amide bonds.